The van der Waals surface area contributed by atoms with Gasteiger partial charge < -0.3 is 4.74 Å². The summed E-state index contributed by atoms with van der Waals surface area (Å²) in [6.07, 6.45) is 3.42. The van der Waals surface area contributed by atoms with Gasteiger partial charge in [0.1, 0.15) is 0 Å². The molecule has 104 valence electrons. The van der Waals surface area contributed by atoms with Crippen LogP contribution in [0, 0.1) is 0 Å². The van der Waals surface area contributed by atoms with E-state index in [2.05, 4.69) is 5.10 Å². The van der Waals surface area contributed by atoms with Crippen molar-refractivity contribution < 1.29 is 14.3 Å². The van der Waals surface area contributed by atoms with Crippen LogP contribution in [-0.2, 0) is 9.53 Å². The molecule has 0 aliphatic heterocycles. The SMILES string of the molecule is CCOC(=O)CCC(=O)c1cnn(-c2ccccc2)c1. The van der Waals surface area contributed by atoms with Crippen molar-refractivity contribution in [1.82, 2.24) is 9.78 Å². The zero-order valence-electron chi connectivity index (χ0n) is 11.3. The molecule has 0 spiro atoms. The van der Waals surface area contributed by atoms with Gasteiger partial charge in [0, 0.05) is 12.6 Å². The number of ether oxygens (including phenoxy) is 1. The van der Waals surface area contributed by atoms with Crippen LogP contribution in [0.2, 0.25) is 0 Å². The van der Waals surface area contributed by atoms with E-state index < -0.39 is 0 Å². The van der Waals surface area contributed by atoms with Gasteiger partial charge in [-0.1, -0.05) is 18.2 Å². The molecule has 0 saturated carbocycles. The number of rotatable bonds is 6. The third-order valence-electron chi connectivity index (χ3n) is 2.79. The summed E-state index contributed by atoms with van der Waals surface area (Å²) in [5, 5.41) is 4.15. The Hall–Kier alpha value is -2.43. The Balaban J connectivity index is 1.98. The Morgan fingerprint density at radius 2 is 1.95 bits per heavy atom. The van der Waals surface area contributed by atoms with Gasteiger partial charge in [-0.15, -0.1) is 0 Å². The molecule has 0 radical (unpaired) electrons. The fourth-order valence-electron chi connectivity index (χ4n) is 1.78. The van der Waals surface area contributed by atoms with Crippen LogP contribution in [0.5, 0.6) is 0 Å². The fourth-order valence-corrected chi connectivity index (χ4v) is 1.78. The van der Waals surface area contributed by atoms with Crippen molar-refractivity contribution in [3.8, 4) is 5.69 Å². The highest BCUT2D eigenvalue weighted by Gasteiger charge is 2.12. The molecule has 0 amide bonds. The van der Waals surface area contributed by atoms with E-state index >= 15 is 0 Å². The van der Waals surface area contributed by atoms with Crippen molar-refractivity contribution >= 4 is 11.8 Å². The van der Waals surface area contributed by atoms with Crippen LogP contribution in [0.25, 0.3) is 5.69 Å². The van der Waals surface area contributed by atoms with E-state index in [1.54, 1.807) is 17.8 Å². The fraction of sp³-hybridized carbons (Fsp3) is 0.267. The predicted molar refractivity (Wildman–Crippen MR) is 73.8 cm³/mol. The second kappa shape index (κ2) is 6.65. The lowest BCUT2D eigenvalue weighted by molar-refractivity contribution is -0.143. The van der Waals surface area contributed by atoms with Crippen molar-refractivity contribution in [2.45, 2.75) is 19.8 Å². The number of hydrogen-bond donors (Lipinski definition) is 0. The Labute approximate surface area is 117 Å². The van der Waals surface area contributed by atoms with Crippen molar-refractivity contribution in [1.29, 1.82) is 0 Å². The summed E-state index contributed by atoms with van der Waals surface area (Å²) in [5.74, 6) is -0.462. The molecular weight excluding hydrogens is 256 g/mol. The lowest BCUT2D eigenvalue weighted by Gasteiger charge is -2.00. The zero-order valence-corrected chi connectivity index (χ0v) is 11.3. The standard InChI is InChI=1S/C15H16N2O3/c1-2-20-15(19)9-8-14(18)12-10-16-17(11-12)13-6-4-3-5-7-13/h3-7,10-11H,2,8-9H2,1H3. The van der Waals surface area contributed by atoms with Crippen molar-refractivity contribution in [2.24, 2.45) is 0 Å². The number of para-hydroxylation sites is 1. The summed E-state index contributed by atoms with van der Waals surface area (Å²) in [6, 6.07) is 9.52. The maximum Gasteiger partial charge on any atom is 0.306 e. The van der Waals surface area contributed by atoms with Gasteiger partial charge in [-0.3, -0.25) is 9.59 Å². The average molecular weight is 272 g/mol. The third-order valence-corrected chi connectivity index (χ3v) is 2.79. The summed E-state index contributed by atoms with van der Waals surface area (Å²) in [7, 11) is 0. The molecule has 2 rings (SSSR count). The summed E-state index contributed by atoms with van der Waals surface area (Å²) in [5.41, 5.74) is 1.38. The number of aromatic nitrogens is 2. The number of esters is 1. The van der Waals surface area contributed by atoms with Gasteiger partial charge in [0.25, 0.3) is 0 Å². The molecular formula is C15H16N2O3. The Bertz CT molecular complexity index is 590. The maximum absolute atomic E-state index is 11.9. The Kier molecular flexibility index (Phi) is 4.65. The molecule has 0 aliphatic carbocycles. The molecule has 0 unspecified atom stereocenters. The van der Waals surface area contributed by atoms with Crippen LogP contribution in [0.3, 0.4) is 0 Å². The summed E-state index contributed by atoms with van der Waals surface area (Å²) < 4.78 is 6.43. The first-order chi connectivity index (χ1) is 9.70. The van der Waals surface area contributed by atoms with Gasteiger partial charge in [-0.2, -0.15) is 5.10 Å². The molecule has 20 heavy (non-hydrogen) atoms. The molecule has 1 heterocycles. The number of benzene rings is 1. The molecule has 0 bridgehead atoms. The molecule has 0 atom stereocenters. The van der Waals surface area contributed by atoms with E-state index in [0.717, 1.165) is 5.69 Å². The third kappa shape index (κ3) is 3.54. The number of carbonyl (C=O) groups is 2. The highest BCUT2D eigenvalue weighted by atomic mass is 16.5. The summed E-state index contributed by atoms with van der Waals surface area (Å²) >= 11 is 0. The van der Waals surface area contributed by atoms with Crippen molar-refractivity contribution in [3.63, 3.8) is 0 Å². The van der Waals surface area contributed by atoms with Crippen molar-refractivity contribution in [2.75, 3.05) is 6.61 Å². The highest BCUT2D eigenvalue weighted by molar-refractivity contribution is 5.97. The quantitative estimate of drug-likeness (QED) is 0.598. The minimum atomic E-state index is -0.351. The van der Waals surface area contributed by atoms with Gasteiger partial charge >= 0.3 is 5.97 Å². The Morgan fingerprint density at radius 3 is 2.65 bits per heavy atom. The van der Waals surface area contributed by atoms with Crippen molar-refractivity contribution in [3.05, 3.63) is 48.3 Å². The Morgan fingerprint density at radius 1 is 1.20 bits per heavy atom. The van der Waals surface area contributed by atoms with Gasteiger partial charge in [-0.05, 0) is 19.1 Å². The van der Waals surface area contributed by atoms with Crippen LogP contribution in [-0.4, -0.2) is 28.1 Å². The van der Waals surface area contributed by atoms with Gasteiger partial charge in [-0.25, -0.2) is 4.68 Å². The second-order valence-electron chi connectivity index (χ2n) is 4.24. The molecule has 2 aromatic rings. The topological polar surface area (TPSA) is 61.2 Å². The first-order valence-electron chi connectivity index (χ1n) is 6.49. The first kappa shape index (κ1) is 14.0. The first-order valence-corrected chi connectivity index (χ1v) is 6.49. The van der Waals surface area contributed by atoms with E-state index in [9.17, 15) is 9.59 Å². The van der Waals surface area contributed by atoms with E-state index in [0.29, 0.717) is 12.2 Å². The second-order valence-corrected chi connectivity index (χ2v) is 4.24. The minimum absolute atomic E-state index is 0.100. The van der Waals surface area contributed by atoms with E-state index in [1.165, 1.54) is 6.20 Å². The van der Waals surface area contributed by atoms with E-state index in [4.69, 9.17) is 4.74 Å². The average Bonchev–Trinajstić information content (AvgIpc) is 2.96. The number of hydrogen-bond acceptors (Lipinski definition) is 4. The number of Topliss-reactive ketones (excluding diaryl/α,β-unsaturated/α-hetero) is 1. The summed E-state index contributed by atoms with van der Waals surface area (Å²) in [6.45, 7) is 2.07. The minimum Gasteiger partial charge on any atom is -0.466 e. The van der Waals surface area contributed by atoms with E-state index in [1.807, 2.05) is 30.3 Å². The van der Waals surface area contributed by atoms with Gasteiger partial charge in [0.2, 0.25) is 0 Å². The summed E-state index contributed by atoms with van der Waals surface area (Å²) in [4.78, 5) is 23.1. The van der Waals surface area contributed by atoms with Crippen LogP contribution < -0.4 is 0 Å². The zero-order chi connectivity index (χ0) is 14.4. The van der Waals surface area contributed by atoms with E-state index in [-0.39, 0.29) is 24.6 Å². The maximum atomic E-state index is 11.9. The smallest absolute Gasteiger partial charge is 0.306 e. The lowest BCUT2D eigenvalue weighted by Crippen LogP contribution is -2.07. The highest BCUT2D eigenvalue weighted by Crippen LogP contribution is 2.10. The largest absolute Gasteiger partial charge is 0.466 e. The molecule has 0 fully saturated rings. The number of ketones is 1. The van der Waals surface area contributed by atoms with Crippen LogP contribution in [0.4, 0.5) is 0 Å². The molecule has 0 saturated heterocycles. The lowest BCUT2D eigenvalue weighted by atomic mass is 10.1. The van der Waals surface area contributed by atoms with Crippen LogP contribution in [0.15, 0.2) is 42.7 Å². The van der Waals surface area contributed by atoms with Gasteiger partial charge in [0.15, 0.2) is 5.78 Å². The van der Waals surface area contributed by atoms with Gasteiger partial charge in [0.05, 0.1) is 30.5 Å². The molecule has 1 aromatic carbocycles. The monoisotopic (exact) mass is 272 g/mol. The predicted octanol–water partition coefficient (Wildman–Crippen LogP) is 2.40. The molecule has 5 nitrogen and oxygen atoms in total. The number of carbonyl (C=O) groups excluding carboxylic acids is 2. The molecule has 1 aromatic heterocycles. The number of nitrogens with zero attached hydrogens (tertiary/aromatic N) is 2. The normalized spacial score (nSPS) is 10.2. The molecule has 0 N–H and O–H groups in total. The molecule has 5 heteroatoms. The van der Waals surface area contributed by atoms with Crippen LogP contribution in [0.1, 0.15) is 30.1 Å². The molecule has 0 aliphatic rings. The van der Waals surface area contributed by atoms with Crippen LogP contribution >= 0.6 is 0 Å².